The highest BCUT2D eigenvalue weighted by molar-refractivity contribution is 7.89. The molecule has 0 radical (unpaired) electrons. The average molecular weight is 310 g/mol. The first kappa shape index (κ1) is 15.2. The van der Waals surface area contributed by atoms with Crippen LogP contribution in [0.3, 0.4) is 0 Å². The van der Waals surface area contributed by atoms with Crippen LogP contribution in [0.4, 0.5) is 0 Å². The van der Waals surface area contributed by atoms with Crippen molar-refractivity contribution in [2.75, 3.05) is 5.75 Å². The Kier molecular flexibility index (Phi) is 5.28. The molecule has 2 aromatic rings. The number of rotatable bonds is 7. The molecule has 0 aliphatic heterocycles. The van der Waals surface area contributed by atoms with Gasteiger partial charge >= 0.3 is 0 Å². The van der Waals surface area contributed by atoms with Gasteiger partial charge in [-0.05, 0) is 35.6 Å². The van der Waals surface area contributed by atoms with Crippen molar-refractivity contribution in [2.24, 2.45) is 0 Å². The molecule has 1 N–H and O–H groups in total. The fourth-order valence-corrected chi connectivity index (χ4v) is 3.60. The number of thiophene rings is 1. The summed E-state index contributed by atoms with van der Waals surface area (Å²) in [4.78, 5) is 4.31. The summed E-state index contributed by atoms with van der Waals surface area (Å²) in [5.41, 5.74) is 2.85. The number of nitrogens with one attached hydrogen (secondary N) is 1. The van der Waals surface area contributed by atoms with E-state index in [1.165, 1.54) is 0 Å². The molecule has 0 fully saturated rings. The smallest absolute Gasteiger partial charge is 0.211 e. The normalized spacial score (nSPS) is 11.7. The second kappa shape index (κ2) is 6.97. The van der Waals surface area contributed by atoms with Crippen LogP contribution in [0.2, 0.25) is 0 Å². The molecule has 0 saturated heterocycles. The molecular weight excluding hydrogens is 292 g/mol. The highest BCUT2D eigenvalue weighted by Gasteiger charge is 2.09. The van der Waals surface area contributed by atoms with Gasteiger partial charge in [-0.15, -0.1) is 0 Å². The molecule has 0 aliphatic carbocycles. The molecule has 0 aliphatic rings. The van der Waals surface area contributed by atoms with Gasteiger partial charge < -0.3 is 0 Å². The topological polar surface area (TPSA) is 59.1 Å². The third kappa shape index (κ3) is 4.40. The van der Waals surface area contributed by atoms with Crippen LogP contribution in [0.5, 0.6) is 0 Å². The van der Waals surface area contributed by atoms with Crippen LogP contribution in [-0.2, 0) is 16.6 Å². The number of hydrogen-bond acceptors (Lipinski definition) is 4. The van der Waals surface area contributed by atoms with E-state index in [2.05, 4.69) is 9.71 Å². The minimum Gasteiger partial charge on any atom is -0.256 e. The van der Waals surface area contributed by atoms with E-state index in [-0.39, 0.29) is 5.75 Å². The van der Waals surface area contributed by atoms with Crippen LogP contribution < -0.4 is 4.72 Å². The van der Waals surface area contributed by atoms with Crippen LogP contribution in [-0.4, -0.2) is 19.2 Å². The molecule has 0 bridgehead atoms. The van der Waals surface area contributed by atoms with E-state index < -0.39 is 10.0 Å². The van der Waals surface area contributed by atoms with Gasteiger partial charge in [-0.1, -0.05) is 13.3 Å². The monoisotopic (exact) mass is 310 g/mol. The summed E-state index contributed by atoms with van der Waals surface area (Å²) in [5.74, 6) is 0.186. The molecule has 0 spiro atoms. The molecule has 0 aromatic carbocycles. The van der Waals surface area contributed by atoms with Gasteiger partial charge in [-0.25, -0.2) is 13.1 Å². The van der Waals surface area contributed by atoms with Gasteiger partial charge in [0.25, 0.3) is 0 Å². The van der Waals surface area contributed by atoms with Gasteiger partial charge in [-0.2, -0.15) is 11.3 Å². The molecule has 2 rings (SSSR count). The summed E-state index contributed by atoms with van der Waals surface area (Å²) in [6.07, 6.45) is 3.27. The van der Waals surface area contributed by atoms with Crippen LogP contribution in [0, 0.1) is 0 Å². The zero-order chi connectivity index (χ0) is 14.4. The molecule has 0 atom stereocenters. The van der Waals surface area contributed by atoms with Crippen molar-refractivity contribution in [1.29, 1.82) is 0 Å². The third-order valence-electron chi connectivity index (χ3n) is 2.90. The summed E-state index contributed by atoms with van der Waals surface area (Å²) in [6, 6.07) is 5.75. The van der Waals surface area contributed by atoms with Crippen molar-refractivity contribution in [1.82, 2.24) is 9.71 Å². The molecule has 2 heterocycles. The maximum atomic E-state index is 11.8. The SMILES string of the molecule is CCCCS(=O)(=O)NCc1ccnc(-c2ccsc2)c1. The molecule has 2 aromatic heterocycles. The largest absolute Gasteiger partial charge is 0.256 e. The van der Waals surface area contributed by atoms with E-state index in [9.17, 15) is 8.42 Å². The fraction of sp³-hybridized carbons (Fsp3) is 0.357. The molecule has 4 nitrogen and oxygen atoms in total. The number of pyridine rings is 1. The van der Waals surface area contributed by atoms with Crippen molar-refractivity contribution < 1.29 is 8.42 Å². The van der Waals surface area contributed by atoms with Crippen LogP contribution in [0.25, 0.3) is 11.3 Å². The lowest BCUT2D eigenvalue weighted by Crippen LogP contribution is -2.25. The Hall–Kier alpha value is -1.24. The molecule has 0 unspecified atom stereocenters. The van der Waals surface area contributed by atoms with E-state index >= 15 is 0 Å². The van der Waals surface area contributed by atoms with Crippen molar-refractivity contribution in [3.05, 3.63) is 40.7 Å². The average Bonchev–Trinajstić information content (AvgIpc) is 2.98. The molecule has 108 valence electrons. The lowest BCUT2D eigenvalue weighted by Gasteiger charge is -2.07. The van der Waals surface area contributed by atoms with Gasteiger partial charge in [0.1, 0.15) is 0 Å². The Bertz CT molecular complexity index is 637. The maximum Gasteiger partial charge on any atom is 0.211 e. The molecule has 20 heavy (non-hydrogen) atoms. The first-order valence-electron chi connectivity index (χ1n) is 6.55. The van der Waals surface area contributed by atoms with Gasteiger partial charge in [0.2, 0.25) is 10.0 Å². The Morgan fingerprint density at radius 2 is 2.20 bits per heavy atom. The second-order valence-corrected chi connectivity index (χ2v) is 7.26. The first-order valence-corrected chi connectivity index (χ1v) is 9.15. The lowest BCUT2D eigenvalue weighted by molar-refractivity contribution is 0.578. The summed E-state index contributed by atoms with van der Waals surface area (Å²) >= 11 is 1.62. The van der Waals surface area contributed by atoms with Crippen molar-refractivity contribution in [2.45, 2.75) is 26.3 Å². The second-order valence-electron chi connectivity index (χ2n) is 4.55. The number of unbranched alkanes of at least 4 members (excludes halogenated alkanes) is 1. The van der Waals surface area contributed by atoms with E-state index in [1.807, 2.05) is 35.9 Å². The highest BCUT2D eigenvalue weighted by atomic mass is 32.2. The Morgan fingerprint density at radius 3 is 2.90 bits per heavy atom. The number of hydrogen-bond donors (Lipinski definition) is 1. The summed E-state index contributed by atoms with van der Waals surface area (Å²) in [6.45, 7) is 2.29. The van der Waals surface area contributed by atoms with Gasteiger partial charge in [0.15, 0.2) is 0 Å². The van der Waals surface area contributed by atoms with Crippen molar-refractivity contribution >= 4 is 21.4 Å². The Labute approximate surface area is 123 Å². The minimum atomic E-state index is -3.18. The number of aromatic nitrogens is 1. The quantitative estimate of drug-likeness (QED) is 0.855. The molecule has 0 saturated carbocycles. The number of nitrogens with zero attached hydrogens (tertiary/aromatic N) is 1. The van der Waals surface area contributed by atoms with E-state index in [4.69, 9.17) is 0 Å². The third-order valence-corrected chi connectivity index (χ3v) is 5.00. The van der Waals surface area contributed by atoms with Gasteiger partial charge in [0.05, 0.1) is 11.4 Å². The van der Waals surface area contributed by atoms with E-state index in [0.717, 1.165) is 23.2 Å². The highest BCUT2D eigenvalue weighted by Crippen LogP contribution is 2.20. The minimum absolute atomic E-state index is 0.186. The lowest BCUT2D eigenvalue weighted by atomic mass is 10.1. The molecular formula is C14H18N2O2S2. The zero-order valence-corrected chi connectivity index (χ0v) is 13.0. The standard InChI is InChI=1S/C14H18N2O2S2/c1-2-3-8-20(17,18)16-10-12-4-6-15-14(9-12)13-5-7-19-11-13/h4-7,9,11,16H,2-3,8,10H2,1H3. The predicted molar refractivity (Wildman–Crippen MR) is 83.1 cm³/mol. The number of sulfonamides is 1. The zero-order valence-electron chi connectivity index (χ0n) is 11.4. The first-order chi connectivity index (χ1) is 9.61. The van der Waals surface area contributed by atoms with E-state index in [1.54, 1.807) is 17.5 Å². The fourth-order valence-electron chi connectivity index (χ4n) is 1.75. The predicted octanol–water partition coefficient (Wildman–Crippen LogP) is 3.03. The van der Waals surface area contributed by atoms with Crippen LogP contribution in [0.1, 0.15) is 25.3 Å². The van der Waals surface area contributed by atoms with Gasteiger partial charge in [-0.3, -0.25) is 4.98 Å². The Morgan fingerprint density at radius 1 is 1.35 bits per heavy atom. The molecule has 6 heteroatoms. The maximum absolute atomic E-state index is 11.8. The van der Waals surface area contributed by atoms with Crippen molar-refractivity contribution in [3.63, 3.8) is 0 Å². The summed E-state index contributed by atoms with van der Waals surface area (Å²) in [7, 11) is -3.18. The Balaban J connectivity index is 2.02. The van der Waals surface area contributed by atoms with Gasteiger partial charge in [0, 0.05) is 23.7 Å². The van der Waals surface area contributed by atoms with Crippen LogP contribution >= 0.6 is 11.3 Å². The van der Waals surface area contributed by atoms with Crippen molar-refractivity contribution in [3.8, 4) is 11.3 Å². The molecule has 0 amide bonds. The van der Waals surface area contributed by atoms with Crippen LogP contribution in [0.15, 0.2) is 35.2 Å². The van der Waals surface area contributed by atoms with E-state index in [0.29, 0.717) is 13.0 Å². The summed E-state index contributed by atoms with van der Waals surface area (Å²) < 4.78 is 26.1. The summed E-state index contributed by atoms with van der Waals surface area (Å²) in [5, 5.41) is 4.02.